The maximum absolute atomic E-state index is 12.2. The highest BCUT2D eigenvalue weighted by Gasteiger charge is 2.21. The van der Waals surface area contributed by atoms with Gasteiger partial charge < -0.3 is 20.3 Å². The van der Waals surface area contributed by atoms with Crippen LogP contribution in [0.15, 0.2) is 27.7 Å². The first-order valence-corrected chi connectivity index (χ1v) is 9.96. The van der Waals surface area contributed by atoms with E-state index < -0.39 is 0 Å². The highest BCUT2D eigenvalue weighted by Crippen LogP contribution is 2.20. The Hall–Kier alpha value is -0.870. The first-order chi connectivity index (χ1) is 12.5. The zero-order valence-corrected chi connectivity index (χ0v) is 20.2. The van der Waals surface area contributed by atoms with Crippen molar-refractivity contribution < 1.29 is 9.53 Å². The highest BCUT2D eigenvalue weighted by atomic mass is 127. The van der Waals surface area contributed by atoms with Crippen LogP contribution in [0.3, 0.4) is 0 Å². The molecule has 0 aromatic heterocycles. The lowest BCUT2D eigenvalue weighted by Crippen LogP contribution is -2.47. The van der Waals surface area contributed by atoms with Gasteiger partial charge in [-0.25, -0.2) is 0 Å². The first kappa shape index (κ1) is 24.2. The fraction of sp³-hybridized carbons (Fsp3) is 0.579. The summed E-state index contributed by atoms with van der Waals surface area (Å²) >= 11 is 3.43. The number of aliphatic imine (C=N–C) groups is 1. The predicted octanol–water partition coefficient (Wildman–Crippen LogP) is 3.78. The van der Waals surface area contributed by atoms with Gasteiger partial charge in [0.25, 0.3) is 0 Å². The Balaban J connectivity index is 0.00000364. The summed E-state index contributed by atoms with van der Waals surface area (Å²) < 4.78 is 6.69. The van der Waals surface area contributed by atoms with E-state index in [1.807, 2.05) is 32.0 Å². The average Bonchev–Trinajstić information content (AvgIpc) is 2.62. The predicted molar refractivity (Wildman–Crippen MR) is 125 cm³/mol. The van der Waals surface area contributed by atoms with Crippen LogP contribution in [0.2, 0.25) is 0 Å². The molecule has 27 heavy (non-hydrogen) atoms. The molecule has 1 aromatic rings. The smallest absolute Gasteiger partial charge is 0.226 e. The second kappa shape index (κ2) is 12.6. The zero-order valence-electron chi connectivity index (χ0n) is 16.3. The number of hydrogen-bond donors (Lipinski definition) is 2. The van der Waals surface area contributed by atoms with Crippen molar-refractivity contribution in [3.63, 3.8) is 0 Å². The molecule has 1 aromatic carbocycles. The van der Waals surface area contributed by atoms with E-state index in [0.29, 0.717) is 19.1 Å². The molecule has 0 atom stereocenters. The van der Waals surface area contributed by atoms with Crippen LogP contribution in [0.4, 0.5) is 5.69 Å². The van der Waals surface area contributed by atoms with Crippen molar-refractivity contribution in [3.8, 4) is 0 Å². The number of piperidine rings is 1. The summed E-state index contributed by atoms with van der Waals surface area (Å²) in [5, 5.41) is 6.25. The number of anilines is 1. The Morgan fingerprint density at radius 1 is 1.37 bits per heavy atom. The van der Waals surface area contributed by atoms with Crippen LogP contribution in [-0.4, -0.2) is 56.2 Å². The van der Waals surface area contributed by atoms with Crippen LogP contribution in [-0.2, 0) is 9.53 Å². The lowest BCUT2D eigenvalue weighted by Gasteiger charge is -2.34. The van der Waals surface area contributed by atoms with Gasteiger partial charge in [0.15, 0.2) is 5.96 Å². The van der Waals surface area contributed by atoms with Crippen molar-refractivity contribution in [1.29, 1.82) is 0 Å². The topological polar surface area (TPSA) is 66.0 Å². The van der Waals surface area contributed by atoms with Gasteiger partial charge in [-0.1, -0.05) is 15.9 Å². The number of likely N-dealkylation sites (tertiary alicyclic amines) is 1. The number of aryl methyl sites for hydroxylation is 1. The number of carbonyl (C=O) groups excluding carboxylic acids is 1. The molecule has 1 amide bonds. The van der Waals surface area contributed by atoms with E-state index in [1.54, 1.807) is 7.05 Å². The maximum Gasteiger partial charge on any atom is 0.226 e. The minimum Gasteiger partial charge on any atom is -0.378 e. The molecule has 0 radical (unpaired) electrons. The molecule has 0 unspecified atom stereocenters. The number of halogens is 2. The number of guanidine groups is 1. The van der Waals surface area contributed by atoms with Gasteiger partial charge in [0.2, 0.25) is 5.91 Å². The van der Waals surface area contributed by atoms with E-state index in [4.69, 9.17) is 4.74 Å². The molecule has 0 bridgehead atoms. The number of carbonyl (C=O) groups is 1. The normalized spacial score (nSPS) is 15.3. The van der Waals surface area contributed by atoms with E-state index in [1.165, 1.54) is 0 Å². The Morgan fingerprint density at radius 2 is 2.07 bits per heavy atom. The number of hydrogen-bond acceptors (Lipinski definition) is 3. The van der Waals surface area contributed by atoms with Crippen LogP contribution in [0.1, 0.15) is 31.7 Å². The third kappa shape index (κ3) is 7.95. The van der Waals surface area contributed by atoms with E-state index in [0.717, 1.165) is 54.2 Å². The van der Waals surface area contributed by atoms with Gasteiger partial charge in [0.1, 0.15) is 0 Å². The van der Waals surface area contributed by atoms with Crippen molar-refractivity contribution in [2.75, 3.05) is 38.6 Å². The standard InChI is InChI=1S/C19H29BrN4O2.HI/c1-4-26-16-8-11-24(12-9-16)19(21-3)22-10-7-18(25)23-17-6-5-15(20)13-14(17)2;/h5-6,13,16H,4,7-12H2,1-3H3,(H,21,22)(H,23,25);1H. The highest BCUT2D eigenvalue weighted by molar-refractivity contribution is 14.0. The van der Waals surface area contributed by atoms with Crippen LogP contribution < -0.4 is 10.6 Å². The van der Waals surface area contributed by atoms with E-state index in [2.05, 4.69) is 36.5 Å². The molecule has 1 fully saturated rings. The SMILES string of the molecule is CCOC1CCN(C(=NC)NCCC(=O)Nc2ccc(Br)cc2C)CC1.I. The Morgan fingerprint density at radius 3 is 2.67 bits per heavy atom. The quantitative estimate of drug-likeness (QED) is 0.320. The number of benzene rings is 1. The summed E-state index contributed by atoms with van der Waals surface area (Å²) in [7, 11) is 1.78. The largest absolute Gasteiger partial charge is 0.378 e. The van der Waals surface area contributed by atoms with E-state index in [9.17, 15) is 4.79 Å². The molecule has 8 heteroatoms. The third-order valence-electron chi connectivity index (χ3n) is 4.45. The monoisotopic (exact) mass is 552 g/mol. The van der Waals surface area contributed by atoms with Gasteiger partial charge in [-0.05, 0) is 50.5 Å². The fourth-order valence-corrected chi connectivity index (χ4v) is 3.55. The molecule has 0 saturated carbocycles. The lowest BCUT2D eigenvalue weighted by molar-refractivity contribution is -0.116. The molecule has 1 aliphatic heterocycles. The Labute approximate surface area is 187 Å². The molecule has 0 spiro atoms. The molecule has 152 valence electrons. The van der Waals surface area contributed by atoms with Gasteiger partial charge in [-0.15, -0.1) is 24.0 Å². The summed E-state index contributed by atoms with van der Waals surface area (Å²) in [6, 6.07) is 5.82. The van der Waals surface area contributed by atoms with Crippen molar-refractivity contribution in [2.24, 2.45) is 4.99 Å². The third-order valence-corrected chi connectivity index (χ3v) is 4.95. The van der Waals surface area contributed by atoms with Crippen LogP contribution in [0, 0.1) is 6.92 Å². The number of amides is 1. The number of nitrogens with one attached hydrogen (secondary N) is 2. The molecular weight excluding hydrogens is 523 g/mol. The van der Waals surface area contributed by atoms with Crippen molar-refractivity contribution >= 4 is 57.5 Å². The first-order valence-electron chi connectivity index (χ1n) is 9.16. The summed E-state index contributed by atoms with van der Waals surface area (Å²) in [5.41, 5.74) is 1.88. The second-order valence-corrected chi connectivity index (χ2v) is 7.29. The zero-order chi connectivity index (χ0) is 18.9. The molecule has 0 aliphatic carbocycles. The fourth-order valence-electron chi connectivity index (χ4n) is 3.07. The maximum atomic E-state index is 12.2. The van der Waals surface area contributed by atoms with Gasteiger partial charge in [-0.2, -0.15) is 0 Å². The average molecular weight is 553 g/mol. The minimum absolute atomic E-state index is 0. The molecule has 6 nitrogen and oxygen atoms in total. The molecule has 2 rings (SSSR count). The van der Waals surface area contributed by atoms with Gasteiger partial charge in [0, 0.05) is 49.9 Å². The van der Waals surface area contributed by atoms with Gasteiger partial charge in [-0.3, -0.25) is 9.79 Å². The molecular formula is C19H30BrIN4O2. The number of ether oxygens (including phenoxy) is 1. The summed E-state index contributed by atoms with van der Waals surface area (Å²) in [4.78, 5) is 18.7. The van der Waals surface area contributed by atoms with E-state index >= 15 is 0 Å². The number of rotatable bonds is 6. The Kier molecular flexibility index (Phi) is 11.2. The molecule has 1 heterocycles. The van der Waals surface area contributed by atoms with Crippen molar-refractivity contribution in [2.45, 2.75) is 39.2 Å². The van der Waals surface area contributed by atoms with E-state index in [-0.39, 0.29) is 29.9 Å². The summed E-state index contributed by atoms with van der Waals surface area (Å²) in [6.07, 6.45) is 2.77. The van der Waals surface area contributed by atoms with Crippen LogP contribution in [0.5, 0.6) is 0 Å². The molecule has 2 N–H and O–H groups in total. The second-order valence-electron chi connectivity index (χ2n) is 6.37. The Bertz CT molecular complexity index is 634. The summed E-state index contributed by atoms with van der Waals surface area (Å²) in [6.45, 7) is 7.19. The van der Waals surface area contributed by atoms with Gasteiger partial charge >= 0.3 is 0 Å². The van der Waals surface area contributed by atoms with Crippen molar-refractivity contribution in [1.82, 2.24) is 10.2 Å². The van der Waals surface area contributed by atoms with Crippen LogP contribution >= 0.6 is 39.9 Å². The minimum atomic E-state index is -0.00608. The lowest BCUT2D eigenvalue weighted by atomic mass is 10.1. The van der Waals surface area contributed by atoms with Gasteiger partial charge in [0.05, 0.1) is 6.10 Å². The van der Waals surface area contributed by atoms with Crippen LogP contribution in [0.25, 0.3) is 0 Å². The van der Waals surface area contributed by atoms with Crippen molar-refractivity contribution in [3.05, 3.63) is 28.2 Å². The molecule has 1 aliphatic rings. The molecule has 1 saturated heterocycles. The summed E-state index contributed by atoms with van der Waals surface area (Å²) in [5.74, 6) is 0.848. The number of nitrogens with zero attached hydrogens (tertiary/aromatic N) is 2.